The lowest BCUT2D eigenvalue weighted by Crippen LogP contribution is -2.39. The van der Waals surface area contributed by atoms with Crippen LogP contribution in [-0.4, -0.2) is 26.7 Å². The van der Waals surface area contributed by atoms with Gasteiger partial charge in [0.25, 0.3) is 0 Å². The van der Waals surface area contributed by atoms with Gasteiger partial charge in [-0.25, -0.2) is 9.97 Å². The Labute approximate surface area is 105 Å². The fourth-order valence-corrected chi connectivity index (χ4v) is 2.30. The van der Waals surface area contributed by atoms with Gasteiger partial charge < -0.3 is 10.3 Å². The van der Waals surface area contributed by atoms with Crippen molar-refractivity contribution in [2.75, 3.05) is 6.54 Å². The Kier molecular flexibility index (Phi) is 2.79. The van der Waals surface area contributed by atoms with Gasteiger partial charge in [-0.1, -0.05) is 11.6 Å². The minimum atomic E-state index is 0.176. The second-order valence-corrected chi connectivity index (χ2v) is 4.84. The number of nitrogens with zero attached hydrogens (tertiary/aromatic N) is 4. The molecule has 94 valence electrons. The maximum Gasteiger partial charge on any atom is 0.227 e. The molecule has 0 aliphatic heterocycles. The first-order valence-electron chi connectivity index (χ1n) is 6.10. The van der Waals surface area contributed by atoms with Crippen LogP contribution in [0.4, 0.5) is 0 Å². The van der Waals surface area contributed by atoms with Gasteiger partial charge in [-0.2, -0.15) is 4.98 Å². The van der Waals surface area contributed by atoms with Crippen LogP contribution < -0.4 is 5.73 Å². The smallest absolute Gasteiger partial charge is 0.227 e. The molecule has 2 heterocycles. The molecule has 6 heteroatoms. The van der Waals surface area contributed by atoms with Gasteiger partial charge in [0.1, 0.15) is 12.0 Å². The van der Waals surface area contributed by atoms with Gasteiger partial charge >= 0.3 is 0 Å². The zero-order chi connectivity index (χ0) is 12.4. The summed E-state index contributed by atoms with van der Waals surface area (Å²) in [5, 5.41) is 3.95. The monoisotopic (exact) mass is 245 g/mol. The van der Waals surface area contributed by atoms with Crippen LogP contribution in [0.3, 0.4) is 0 Å². The third kappa shape index (κ3) is 1.99. The van der Waals surface area contributed by atoms with Gasteiger partial charge in [0, 0.05) is 12.6 Å². The van der Waals surface area contributed by atoms with Gasteiger partial charge in [0.15, 0.2) is 0 Å². The van der Waals surface area contributed by atoms with E-state index in [4.69, 9.17) is 10.3 Å². The predicted octanol–water partition coefficient (Wildman–Crippen LogP) is 1.20. The van der Waals surface area contributed by atoms with Crippen LogP contribution in [0.1, 0.15) is 25.2 Å². The number of nitrogens with two attached hydrogens (primary N) is 1. The molecule has 0 unspecified atom stereocenters. The molecule has 1 aliphatic carbocycles. The summed E-state index contributed by atoms with van der Waals surface area (Å²) >= 11 is 0. The summed E-state index contributed by atoms with van der Waals surface area (Å²) in [6.07, 6.45) is 7.43. The molecule has 0 spiro atoms. The molecular weight excluding hydrogens is 230 g/mol. The highest BCUT2D eigenvalue weighted by molar-refractivity contribution is 5.46. The third-order valence-electron chi connectivity index (χ3n) is 3.65. The van der Waals surface area contributed by atoms with Crippen molar-refractivity contribution in [3.8, 4) is 11.5 Å². The van der Waals surface area contributed by atoms with Crippen LogP contribution in [0.25, 0.3) is 11.5 Å². The summed E-state index contributed by atoms with van der Waals surface area (Å²) in [5.74, 6) is 1.16. The maximum absolute atomic E-state index is 5.82. The summed E-state index contributed by atoms with van der Waals surface area (Å²) in [6.45, 7) is 0.679. The number of rotatable bonds is 4. The van der Waals surface area contributed by atoms with E-state index in [-0.39, 0.29) is 5.41 Å². The summed E-state index contributed by atoms with van der Waals surface area (Å²) in [4.78, 5) is 12.3. The molecule has 1 saturated carbocycles. The van der Waals surface area contributed by atoms with Crippen molar-refractivity contribution in [1.29, 1.82) is 0 Å². The molecular formula is C12H15N5O. The molecule has 0 radical (unpaired) electrons. The number of hydrogen-bond donors (Lipinski definition) is 1. The van der Waals surface area contributed by atoms with Crippen molar-refractivity contribution in [1.82, 2.24) is 20.1 Å². The average molecular weight is 245 g/mol. The highest BCUT2D eigenvalue weighted by Crippen LogP contribution is 2.42. The number of hydrogen-bond acceptors (Lipinski definition) is 6. The molecule has 0 aromatic carbocycles. The van der Waals surface area contributed by atoms with Crippen LogP contribution in [0.2, 0.25) is 0 Å². The molecule has 0 saturated heterocycles. The molecule has 6 nitrogen and oxygen atoms in total. The van der Waals surface area contributed by atoms with E-state index in [9.17, 15) is 0 Å². The van der Waals surface area contributed by atoms with Crippen molar-refractivity contribution in [3.63, 3.8) is 0 Å². The third-order valence-corrected chi connectivity index (χ3v) is 3.65. The molecule has 2 N–H and O–H groups in total. The minimum Gasteiger partial charge on any atom is -0.339 e. The summed E-state index contributed by atoms with van der Waals surface area (Å²) in [6, 6.07) is 1.76. The predicted molar refractivity (Wildman–Crippen MR) is 64.4 cm³/mol. The zero-order valence-electron chi connectivity index (χ0n) is 10.0. The lowest BCUT2D eigenvalue weighted by molar-refractivity contribution is 0.129. The summed E-state index contributed by atoms with van der Waals surface area (Å²) < 4.78 is 5.28. The van der Waals surface area contributed by atoms with Crippen LogP contribution >= 0.6 is 0 Å². The second kappa shape index (κ2) is 4.45. The standard InChI is InChI=1S/C12H15N5O/c13-7-12(3-1-4-12)6-10-16-11(17-18-10)9-2-5-14-8-15-9/h2,5,8H,1,3-4,6-7,13H2. The largest absolute Gasteiger partial charge is 0.339 e. The van der Waals surface area contributed by atoms with Gasteiger partial charge in [0.05, 0.1) is 0 Å². The van der Waals surface area contributed by atoms with Gasteiger partial charge in [0.2, 0.25) is 11.7 Å². The van der Waals surface area contributed by atoms with E-state index in [0.29, 0.717) is 24.0 Å². The van der Waals surface area contributed by atoms with Crippen molar-refractivity contribution < 1.29 is 4.52 Å². The SMILES string of the molecule is NCC1(Cc2nc(-c3ccncn3)no2)CCC1. The van der Waals surface area contributed by atoms with E-state index >= 15 is 0 Å². The lowest BCUT2D eigenvalue weighted by atomic mass is 9.67. The zero-order valence-corrected chi connectivity index (χ0v) is 10.0. The number of aromatic nitrogens is 4. The quantitative estimate of drug-likeness (QED) is 0.870. The van der Waals surface area contributed by atoms with Crippen LogP contribution in [0.5, 0.6) is 0 Å². The van der Waals surface area contributed by atoms with Crippen molar-refractivity contribution >= 4 is 0 Å². The first-order chi connectivity index (χ1) is 8.81. The van der Waals surface area contributed by atoms with Crippen LogP contribution in [-0.2, 0) is 6.42 Å². The molecule has 18 heavy (non-hydrogen) atoms. The maximum atomic E-state index is 5.82. The van der Waals surface area contributed by atoms with E-state index in [2.05, 4.69) is 20.1 Å². The van der Waals surface area contributed by atoms with Crippen molar-refractivity contribution in [2.24, 2.45) is 11.1 Å². The van der Waals surface area contributed by atoms with Crippen molar-refractivity contribution in [2.45, 2.75) is 25.7 Å². The first-order valence-corrected chi connectivity index (χ1v) is 6.10. The fraction of sp³-hybridized carbons (Fsp3) is 0.500. The Bertz CT molecular complexity index is 515. The topological polar surface area (TPSA) is 90.7 Å². The van der Waals surface area contributed by atoms with Gasteiger partial charge in [-0.15, -0.1) is 0 Å². The van der Waals surface area contributed by atoms with Crippen LogP contribution in [0.15, 0.2) is 23.1 Å². The highest BCUT2D eigenvalue weighted by Gasteiger charge is 2.37. The van der Waals surface area contributed by atoms with Gasteiger partial charge in [-0.05, 0) is 30.9 Å². The second-order valence-electron chi connectivity index (χ2n) is 4.84. The minimum absolute atomic E-state index is 0.176. The molecule has 0 bridgehead atoms. The molecule has 3 rings (SSSR count). The summed E-state index contributed by atoms with van der Waals surface area (Å²) in [5.41, 5.74) is 6.68. The summed E-state index contributed by atoms with van der Waals surface area (Å²) in [7, 11) is 0. The molecule has 2 aromatic rings. The molecule has 1 aliphatic rings. The molecule has 1 fully saturated rings. The average Bonchev–Trinajstić information content (AvgIpc) is 2.83. The lowest BCUT2D eigenvalue weighted by Gasteiger charge is -2.39. The normalized spacial score (nSPS) is 17.4. The van der Waals surface area contributed by atoms with Gasteiger partial charge in [-0.3, -0.25) is 0 Å². The fourth-order valence-electron chi connectivity index (χ4n) is 2.30. The van der Waals surface area contributed by atoms with E-state index in [1.165, 1.54) is 12.7 Å². The Balaban J connectivity index is 1.78. The van der Waals surface area contributed by atoms with E-state index < -0.39 is 0 Å². The molecule has 2 aromatic heterocycles. The van der Waals surface area contributed by atoms with E-state index in [1.807, 2.05) is 0 Å². The highest BCUT2D eigenvalue weighted by atomic mass is 16.5. The van der Waals surface area contributed by atoms with Crippen molar-refractivity contribution in [3.05, 3.63) is 24.5 Å². The Hall–Kier alpha value is -1.82. The van der Waals surface area contributed by atoms with Crippen LogP contribution in [0, 0.1) is 5.41 Å². The Morgan fingerprint density at radius 3 is 2.89 bits per heavy atom. The Morgan fingerprint density at radius 1 is 1.39 bits per heavy atom. The first kappa shape index (κ1) is 11.3. The molecule has 0 atom stereocenters. The van der Waals surface area contributed by atoms with E-state index in [1.54, 1.807) is 12.3 Å². The molecule has 0 amide bonds. The Morgan fingerprint density at radius 2 is 2.28 bits per heavy atom. The van der Waals surface area contributed by atoms with E-state index in [0.717, 1.165) is 19.3 Å².